The number of benzene rings is 1. The van der Waals surface area contributed by atoms with Crippen molar-refractivity contribution >= 4 is 0 Å². The van der Waals surface area contributed by atoms with E-state index in [4.69, 9.17) is 5.73 Å². The van der Waals surface area contributed by atoms with Gasteiger partial charge in [-0.2, -0.15) is 13.2 Å². The van der Waals surface area contributed by atoms with Gasteiger partial charge in [0.15, 0.2) is 0 Å². The first-order chi connectivity index (χ1) is 6.82. The predicted molar refractivity (Wildman–Crippen MR) is 53.2 cm³/mol. The summed E-state index contributed by atoms with van der Waals surface area (Å²) < 4.78 is 37.1. The molecular weight excluding hydrogens is 203 g/mol. The minimum absolute atomic E-state index is 0.428. The van der Waals surface area contributed by atoms with Gasteiger partial charge < -0.3 is 5.73 Å². The van der Waals surface area contributed by atoms with Crippen LogP contribution in [0.4, 0.5) is 13.2 Å². The van der Waals surface area contributed by atoms with Crippen molar-refractivity contribution in [3.05, 3.63) is 47.5 Å². The summed E-state index contributed by atoms with van der Waals surface area (Å²) in [5.41, 5.74) is 6.06. The zero-order valence-corrected chi connectivity index (χ0v) is 8.31. The van der Waals surface area contributed by atoms with Gasteiger partial charge in [-0.3, -0.25) is 0 Å². The molecule has 0 heterocycles. The Hall–Kier alpha value is -1.29. The lowest BCUT2D eigenvalue weighted by molar-refractivity contribution is -0.137. The van der Waals surface area contributed by atoms with Crippen LogP contribution in [0, 0.1) is 0 Å². The molecule has 4 heteroatoms. The highest BCUT2D eigenvalue weighted by Gasteiger charge is 2.30. The monoisotopic (exact) mass is 215 g/mol. The fourth-order valence-corrected chi connectivity index (χ4v) is 1.19. The van der Waals surface area contributed by atoms with Crippen LogP contribution in [0.1, 0.15) is 24.1 Å². The zero-order chi connectivity index (χ0) is 11.6. The van der Waals surface area contributed by atoms with Crippen molar-refractivity contribution in [1.29, 1.82) is 0 Å². The average Bonchev–Trinajstić information content (AvgIpc) is 2.15. The van der Waals surface area contributed by atoms with Crippen LogP contribution in [0.15, 0.2) is 36.4 Å². The van der Waals surface area contributed by atoms with Crippen molar-refractivity contribution in [2.24, 2.45) is 5.73 Å². The summed E-state index contributed by atoms with van der Waals surface area (Å²) in [6.07, 6.45) is -4.33. The van der Waals surface area contributed by atoms with Crippen LogP contribution in [0.2, 0.25) is 0 Å². The van der Waals surface area contributed by atoms with Crippen molar-refractivity contribution in [3.8, 4) is 0 Å². The van der Waals surface area contributed by atoms with Crippen molar-refractivity contribution in [1.82, 2.24) is 0 Å². The molecule has 1 unspecified atom stereocenters. The quantitative estimate of drug-likeness (QED) is 0.753. The van der Waals surface area contributed by atoms with Crippen molar-refractivity contribution in [3.63, 3.8) is 0 Å². The van der Waals surface area contributed by atoms with E-state index < -0.39 is 17.8 Å². The maximum atomic E-state index is 12.4. The molecule has 1 aromatic carbocycles. The Morgan fingerprint density at radius 2 is 2.00 bits per heavy atom. The maximum absolute atomic E-state index is 12.4. The van der Waals surface area contributed by atoms with Gasteiger partial charge in [-0.05, 0) is 24.6 Å². The minimum atomic E-state index is -4.33. The summed E-state index contributed by atoms with van der Waals surface area (Å²) >= 11 is 0. The molecule has 0 spiro atoms. The van der Waals surface area contributed by atoms with Crippen LogP contribution in [0.3, 0.4) is 0 Å². The second kappa shape index (κ2) is 4.06. The second-order valence-electron chi connectivity index (χ2n) is 3.45. The molecule has 1 atom stereocenters. The fraction of sp³-hybridized carbons (Fsp3) is 0.273. The van der Waals surface area contributed by atoms with E-state index in [0.717, 1.165) is 12.1 Å². The van der Waals surface area contributed by atoms with Gasteiger partial charge in [0.1, 0.15) is 0 Å². The summed E-state index contributed by atoms with van der Waals surface area (Å²) in [6, 6.07) is 4.44. The second-order valence-corrected chi connectivity index (χ2v) is 3.45. The van der Waals surface area contributed by atoms with Crippen molar-refractivity contribution in [2.75, 3.05) is 0 Å². The number of rotatable bonds is 2. The van der Waals surface area contributed by atoms with Gasteiger partial charge in [0, 0.05) is 0 Å². The van der Waals surface area contributed by atoms with Crippen molar-refractivity contribution < 1.29 is 13.2 Å². The molecule has 0 radical (unpaired) electrons. The van der Waals surface area contributed by atoms with Crippen LogP contribution in [0.25, 0.3) is 0 Å². The Balaban J connectivity index is 3.08. The molecule has 0 fully saturated rings. The summed E-state index contributed by atoms with van der Waals surface area (Å²) in [5.74, 6) is 0. The van der Waals surface area contributed by atoms with Gasteiger partial charge in [0.2, 0.25) is 0 Å². The average molecular weight is 215 g/mol. The van der Waals surface area contributed by atoms with E-state index in [1.807, 2.05) is 0 Å². The van der Waals surface area contributed by atoms with Gasteiger partial charge in [0.25, 0.3) is 0 Å². The number of hydrogen-bond donors (Lipinski definition) is 1. The van der Waals surface area contributed by atoms with Crippen LogP contribution in [0.5, 0.6) is 0 Å². The minimum Gasteiger partial charge on any atom is -0.321 e. The topological polar surface area (TPSA) is 26.0 Å². The van der Waals surface area contributed by atoms with Crippen molar-refractivity contribution in [2.45, 2.75) is 19.1 Å². The van der Waals surface area contributed by atoms with Gasteiger partial charge in [-0.15, -0.1) is 0 Å². The third kappa shape index (κ3) is 2.83. The molecule has 0 aliphatic carbocycles. The molecule has 1 nitrogen and oxygen atoms in total. The van der Waals surface area contributed by atoms with Gasteiger partial charge in [-0.25, -0.2) is 0 Å². The molecule has 0 amide bonds. The smallest absolute Gasteiger partial charge is 0.321 e. The van der Waals surface area contributed by atoms with E-state index in [1.165, 1.54) is 6.07 Å². The standard InChI is InChI=1S/C11H12F3N/c1-7(2)10(15)8-4-3-5-9(6-8)11(12,13)14/h3-6,10H,1,15H2,2H3. The highest BCUT2D eigenvalue weighted by Crippen LogP contribution is 2.31. The van der Waals surface area contributed by atoms with Crippen LogP contribution in [-0.2, 0) is 6.18 Å². The molecule has 0 aliphatic heterocycles. The van der Waals surface area contributed by atoms with E-state index in [-0.39, 0.29) is 0 Å². The van der Waals surface area contributed by atoms with E-state index in [9.17, 15) is 13.2 Å². The number of hydrogen-bond acceptors (Lipinski definition) is 1. The Labute approximate surface area is 86.4 Å². The third-order valence-electron chi connectivity index (χ3n) is 2.10. The van der Waals surface area contributed by atoms with Gasteiger partial charge in [0.05, 0.1) is 11.6 Å². The molecule has 0 aliphatic rings. The molecule has 0 saturated carbocycles. The Kier molecular flexibility index (Phi) is 3.19. The number of alkyl halides is 3. The Morgan fingerprint density at radius 1 is 1.40 bits per heavy atom. The SMILES string of the molecule is C=C(C)C(N)c1cccc(C(F)(F)F)c1. The molecular formula is C11H12F3N. The summed E-state index contributed by atoms with van der Waals surface area (Å²) in [7, 11) is 0. The van der Waals surface area contributed by atoms with Crippen LogP contribution >= 0.6 is 0 Å². The molecule has 15 heavy (non-hydrogen) atoms. The lowest BCUT2D eigenvalue weighted by atomic mass is 10.00. The summed E-state index contributed by atoms with van der Waals surface area (Å²) in [6.45, 7) is 5.30. The fourth-order valence-electron chi connectivity index (χ4n) is 1.19. The van der Waals surface area contributed by atoms with Crippen LogP contribution in [-0.4, -0.2) is 0 Å². The predicted octanol–water partition coefficient (Wildman–Crippen LogP) is 3.28. The first kappa shape index (κ1) is 11.8. The van der Waals surface area contributed by atoms with E-state index >= 15 is 0 Å². The molecule has 1 aromatic rings. The van der Waals surface area contributed by atoms with E-state index in [0.29, 0.717) is 11.1 Å². The normalized spacial score (nSPS) is 13.7. The van der Waals surface area contributed by atoms with Gasteiger partial charge in [-0.1, -0.05) is 24.3 Å². The maximum Gasteiger partial charge on any atom is 0.416 e. The highest BCUT2D eigenvalue weighted by molar-refractivity contribution is 5.31. The molecule has 2 N–H and O–H groups in total. The van der Waals surface area contributed by atoms with Gasteiger partial charge >= 0.3 is 6.18 Å². The summed E-state index contributed by atoms with van der Waals surface area (Å²) in [4.78, 5) is 0. The number of nitrogens with two attached hydrogens (primary N) is 1. The van der Waals surface area contributed by atoms with Crippen LogP contribution < -0.4 is 5.73 Å². The highest BCUT2D eigenvalue weighted by atomic mass is 19.4. The first-order valence-electron chi connectivity index (χ1n) is 4.40. The Morgan fingerprint density at radius 3 is 2.47 bits per heavy atom. The first-order valence-corrected chi connectivity index (χ1v) is 4.40. The third-order valence-corrected chi connectivity index (χ3v) is 2.10. The lowest BCUT2D eigenvalue weighted by Crippen LogP contribution is -2.13. The zero-order valence-electron chi connectivity index (χ0n) is 8.31. The number of halogens is 3. The van der Waals surface area contributed by atoms with E-state index in [1.54, 1.807) is 13.0 Å². The molecule has 82 valence electrons. The largest absolute Gasteiger partial charge is 0.416 e. The molecule has 1 rings (SSSR count). The molecule has 0 bridgehead atoms. The molecule has 0 saturated heterocycles. The Bertz CT molecular complexity index is 368. The lowest BCUT2D eigenvalue weighted by Gasteiger charge is -2.14. The summed E-state index contributed by atoms with van der Waals surface area (Å²) in [5, 5.41) is 0. The van der Waals surface area contributed by atoms with E-state index in [2.05, 4.69) is 6.58 Å². The molecule has 0 aromatic heterocycles.